The Balaban J connectivity index is 2.77. The molecule has 0 saturated heterocycles. The largest absolute Gasteiger partial charge is 0.507 e. The summed E-state index contributed by atoms with van der Waals surface area (Å²) in [5.41, 5.74) is 7.52. The topological polar surface area (TPSA) is 63.3 Å². The summed E-state index contributed by atoms with van der Waals surface area (Å²) >= 11 is 0. The summed E-state index contributed by atoms with van der Waals surface area (Å²) in [5.74, 6) is 0.212. The SMILES string of the molecule is Cc1cc(O)c2c(c1)=CC(S(C)=O)CC=2N. The van der Waals surface area contributed by atoms with Gasteiger partial charge in [0.05, 0.1) is 5.25 Å². The van der Waals surface area contributed by atoms with Crippen molar-refractivity contribution < 1.29 is 9.32 Å². The normalized spacial score (nSPS) is 21.1. The lowest BCUT2D eigenvalue weighted by Gasteiger charge is -2.16. The van der Waals surface area contributed by atoms with Gasteiger partial charge in [-0.15, -0.1) is 0 Å². The number of benzene rings is 1. The molecule has 1 aromatic carbocycles. The quantitative estimate of drug-likeness (QED) is 0.705. The zero-order chi connectivity index (χ0) is 11.9. The van der Waals surface area contributed by atoms with Crippen LogP contribution in [0.1, 0.15) is 12.0 Å². The van der Waals surface area contributed by atoms with E-state index in [9.17, 15) is 9.32 Å². The van der Waals surface area contributed by atoms with Crippen LogP contribution in [-0.2, 0) is 10.8 Å². The number of aryl methyl sites for hydroxylation is 1. The van der Waals surface area contributed by atoms with Crippen LogP contribution in [0.5, 0.6) is 5.75 Å². The van der Waals surface area contributed by atoms with E-state index in [4.69, 9.17) is 5.73 Å². The third-order valence-corrected chi connectivity index (χ3v) is 3.98. The minimum Gasteiger partial charge on any atom is -0.507 e. The van der Waals surface area contributed by atoms with Crippen LogP contribution in [0.25, 0.3) is 11.8 Å². The third kappa shape index (κ3) is 1.85. The van der Waals surface area contributed by atoms with Gasteiger partial charge in [0.15, 0.2) is 0 Å². The Bertz CT molecular complexity index is 577. The molecule has 1 aliphatic rings. The minimum absolute atomic E-state index is 0.0475. The van der Waals surface area contributed by atoms with Crippen LogP contribution in [0.3, 0.4) is 0 Å². The summed E-state index contributed by atoms with van der Waals surface area (Å²) < 4.78 is 11.5. The van der Waals surface area contributed by atoms with Gasteiger partial charge in [-0.05, 0) is 23.8 Å². The fraction of sp³-hybridized carbons (Fsp3) is 0.333. The van der Waals surface area contributed by atoms with Gasteiger partial charge in [-0.25, -0.2) is 0 Å². The summed E-state index contributed by atoms with van der Waals surface area (Å²) in [6.07, 6.45) is 4.16. The lowest BCUT2D eigenvalue weighted by Crippen LogP contribution is -2.37. The number of fused-ring (bicyclic) bond motifs is 1. The number of hydrogen-bond acceptors (Lipinski definition) is 3. The van der Waals surface area contributed by atoms with Crippen molar-refractivity contribution in [2.75, 3.05) is 6.26 Å². The summed E-state index contributed by atoms with van der Waals surface area (Å²) in [4.78, 5) is 0. The molecule has 2 rings (SSSR count). The molecule has 0 radical (unpaired) electrons. The molecule has 3 nitrogen and oxygen atoms in total. The highest BCUT2D eigenvalue weighted by Gasteiger charge is 2.17. The molecule has 2 atom stereocenters. The molecule has 0 bridgehead atoms. The van der Waals surface area contributed by atoms with E-state index in [2.05, 4.69) is 0 Å². The average Bonchev–Trinajstić information content (AvgIpc) is 2.15. The molecule has 0 saturated carbocycles. The Morgan fingerprint density at radius 3 is 2.81 bits per heavy atom. The second-order valence-electron chi connectivity index (χ2n) is 4.18. The first kappa shape index (κ1) is 11.2. The van der Waals surface area contributed by atoms with E-state index < -0.39 is 10.8 Å². The van der Waals surface area contributed by atoms with Crippen LogP contribution >= 0.6 is 0 Å². The zero-order valence-electron chi connectivity index (χ0n) is 9.36. The molecule has 3 N–H and O–H groups in total. The number of nitrogens with two attached hydrogens (primary N) is 1. The third-order valence-electron chi connectivity index (χ3n) is 2.83. The van der Waals surface area contributed by atoms with Gasteiger partial charge in [0.1, 0.15) is 5.75 Å². The molecule has 0 aromatic heterocycles. The predicted molar refractivity (Wildman–Crippen MR) is 66.6 cm³/mol. The summed E-state index contributed by atoms with van der Waals surface area (Å²) in [5, 5.41) is 11.4. The molecular weight excluding hydrogens is 222 g/mol. The van der Waals surface area contributed by atoms with E-state index in [1.165, 1.54) is 0 Å². The van der Waals surface area contributed by atoms with E-state index in [1.807, 2.05) is 19.1 Å². The molecular formula is C12H15NO2S. The van der Waals surface area contributed by atoms with Crippen molar-refractivity contribution in [2.24, 2.45) is 5.73 Å². The van der Waals surface area contributed by atoms with E-state index in [0.29, 0.717) is 17.3 Å². The van der Waals surface area contributed by atoms with Crippen molar-refractivity contribution in [1.82, 2.24) is 0 Å². The molecule has 2 unspecified atom stereocenters. The first-order chi connectivity index (χ1) is 7.49. The second-order valence-corrected chi connectivity index (χ2v) is 5.78. The monoisotopic (exact) mass is 237 g/mol. The Kier molecular flexibility index (Phi) is 2.76. The highest BCUT2D eigenvalue weighted by molar-refractivity contribution is 7.85. The fourth-order valence-electron chi connectivity index (χ4n) is 2.07. The van der Waals surface area contributed by atoms with E-state index in [1.54, 1.807) is 12.3 Å². The van der Waals surface area contributed by atoms with Gasteiger partial charge in [-0.3, -0.25) is 4.21 Å². The van der Waals surface area contributed by atoms with E-state index >= 15 is 0 Å². The average molecular weight is 237 g/mol. The van der Waals surface area contributed by atoms with E-state index in [-0.39, 0.29) is 11.0 Å². The first-order valence-corrected chi connectivity index (χ1v) is 6.73. The van der Waals surface area contributed by atoms with Gasteiger partial charge < -0.3 is 10.8 Å². The minimum atomic E-state index is -0.931. The van der Waals surface area contributed by atoms with Crippen LogP contribution in [0.4, 0.5) is 0 Å². The molecule has 1 aromatic rings. The van der Waals surface area contributed by atoms with Crippen LogP contribution in [0, 0.1) is 6.92 Å². The highest BCUT2D eigenvalue weighted by atomic mass is 32.2. The summed E-state index contributed by atoms with van der Waals surface area (Å²) in [7, 11) is -0.931. The predicted octanol–water partition coefficient (Wildman–Crippen LogP) is -0.301. The van der Waals surface area contributed by atoms with Crippen molar-refractivity contribution in [3.8, 4) is 5.75 Å². The molecule has 86 valence electrons. The van der Waals surface area contributed by atoms with Crippen LogP contribution in [0.15, 0.2) is 12.1 Å². The van der Waals surface area contributed by atoms with Crippen molar-refractivity contribution in [1.29, 1.82) is 0 Å². The van der Waals surface area contributed by atoms with Gasteiger partial charge in [0, 0.05) is 34.4 Å². The molecule has 0 aliphatic heterocycles. The first-order valence-electron chi connectivity index (χ1n) is 5.11. The number of aromatic hydroxyl groups is 1. The number of rotatable bonds is 1. The number of phenolic OH excluding ortho intramolecular Hbond substituents is 1. The molecule has 16 heavy (non-hydrogen) atoms. The van der Waals surface area contributed by atoms with Crippen molar-refractivity contribution in [3.63, 3.8) is 0 Å². The van der Waals surface area contributed by atoms with Crippen LogP contribution < -0.4 is 16.2 Å². The van der Waals surface area contributed by atoms with Gasteiger partial charge in [0.2, 0.25) is 0 Å². The molecule has 1 aliphatic carbocycles. The Morgan fingerprint density at radius 2 is 2.19 bits per heavy atom. The van der Waals surface area contributed by atoms with Crippen LogP contribution in [-0.4, -0.2) is 20.8 Å². The zero-order valence-corrected chi connectivity index (χ0v) is 10.2. The molecule has 0 fully saturated rings. The van der Waals surface area contributed by atoms with Crippen molar-refractivity contribution in [3.05, 3.63) is 28.1 Å². The van der Waals surface area contributed by atoms with Crippen LogP contribution in [0.2, 0.25) is 0 Å². The maximum atomic E-state index is 11.5. The standard InChI is InChI=1S/C12H15NO2S/c1-7-3-8-5-9(16(2)15)6-10(13)12(8)11(14)4-7/h3-5,9,14H,6,13H2,1-2H3. The van der Waals surface area contributed by atoms with Gasteiger partial charge in [-0.2, -0.15) is 0 Å². The van der Waals surface area contributed by atoms with Crippen molar-refractivity contribution in [2.45, 2.75) is 18.6 Å². The Hall–Kier alpha value is -1.29. The molecule has 4 heteroatoms. The maximum Gasteiger partial charge on any atom is 0.125 e. The van der Waals surface area contributed by atoms with Gasteiger partial charge in [0.25, 0.3) is 0 Å². The number of phenols is 1. The molecule has 0 heterocycles. The van der Waals surface area contributed by atoms with E-state index in [0.717, 1.165) is 10.8 Å². The fourth-order valence-corrected chi connectivity index (χ4v) is 2.82. The second kappa shape index (κ2) is 3.94. The molecule has 0 amide bonds. The lowest BCUT2D eigenvalue weighted by atomic mass is 10.0. The highest BCUT2D eigenvalue weighted by Crippen LogP contribution is 2.13. The molecule has 0 spiro atoms. The smallest absolute Gasteiger partial charge is 0.125 e. The number of hydrogen-bond donors (Lipinski definition) is 2. The maximum absolute atomic E-state index is 11.5. The Morgan fingerprint density at radius 1 is 1.50 bits per heavy atom. The summed E-state index contributed by atoms with van der Waals surface area (Å²) in [6.45, 7) is 1.91. The van der Waals surface area contributed by atoms with Gasteiger partial charge >= 0.3 is 0 Å². The summed E-state index contributed by atoms with van der Waals surface area (Å²) in [6, 6.07) is 3.66. The van der Waals surface area contributed by atoms with Crippen molar-refractivity contribution >= 4 is 22.6 Å². The lowest BCUT2D eigenvalue weighted by molar-refractivity contribution is 0.469. The van der Waals surface area contributed by atoms with Gasteiger partial charge in [-0.1, -0.05) is 12.1 Å². The Labute approximate surface area is 96.7 Å².